The molecule has 34 heavy (non-hydrogen) atoms. The van der Waals surface area contributed by atoms with Crippen LogP contribution in [0.1, 0.15) is 19.3 Å². The van der Waals surface area contributed by atoms with Crippen molar-refractivity contribution in [2.24, 2.45) is 12.8 Å². The number of rotatable bonds is 3. The van der Waals surface area contributed by atoms with E-state index in [0.29, 0.717) is 37.0 Å². The fourth-order valence-corrected chi connectivity index (χ4v) is 4.05. The van der Waals surface area contributed by atoms with Gasteiger partial charge in [0.25, 0.3) is 5.91 Å². The minimum atomic E-state index is -5.19. The van der Waals surface area contributed by atoms with Crippen LogP contribution in [0.5, 0.6) is 0 Å². The second-order valence-corrected chi connectivity index (χ2v) is 7.91. The van der Waals surface area contributed by atoms with Crippen molar-refractivity contribution in [2.75, 3.05) is 11.4 Å². The Morgan fingerprint density at radius 1 is 1.29 bits per heavy atom. The Labute approximate surface area is 191 Å². The van der Waals surface area contributed by atoms with Crippen LogP contribution < -0.4 is 20.3 Å². The minimum absolute atomic E-state index is 0.0391. The van der Waals surface area contributed by atoms with Gasteiger partial charge in [-0.05, 0) is 37.0 Å². The van der Waals surface area contributed by atoms with Crippen LogP contribution in [0.25, 0.3) is 0 Å². The lowest BCUT2D eigenvalue weighted by atomic mass is 9.83. The van der Waals surface area contributed by atoms with Gasteiger partial charge in [-0.2, -0.15) is 13.2 Å². The molecule has 2 amide bonds. The fraction of sp³-hybridized carbons (Fsp3) is 0.381. The second kappa shape index (κ2) is 9.25. The van der Waals surface area contributed by atoms with Gasteiger partial charge in [0.1, 0.15) is 30.4 Å². The highest BCUT2D eigenvalue weighted by Gasteiger charge is 2.50. The van der Waals surface area contributed by atoms with Crippen LogP contribution in [0.4, 0.5) is 18.9 Å². The molecule has 0 radical (unpaired) electrons. The smallest absolute Gasteiger partial charge is 0.430 e. The van der Waals surface area contributed by atoms with E-state index in [1.165, 1.54) is 4.90 Å². The van der Waals surface area contributed by atoms with Crippen molar-refractivity contribution in [3.8, 4) is 0 Å². The van der Waals surface area contributed by atoms with Gasteiger partial charge in [-0.3, -0.25) is 14.5 Å². The Balaban J connectivity index is 0.000000406. The zero-order chi connectivity index (χ0) is 25.4. The van der Waals surface area contributed by atoms with Crippen molar-refractivity contribution in [1.82, 2.24) is 4.90 Å². The van der Waals surface area contributed by atoms with Crippen LogP contribution >= 0.6 is 0 Å². The molecule has 0 spiro atoms. The Bertz CT molecular complexity index is 1110. The SMILES string of the molecule is C[n+]1cccc(N2CC/C(=C\C3=C(C(=O)O)N4C(=O)[C@@H](N)[C@H]4CC3)C2=O)c1.O=C([O-])C(F)(F)F. The average molecular weight is 482 g/mol. The number of carboxylic acids is 2. The molecular formula is C21H21F3N4O6. The molecule has 10 nitrogen and oxygen atoms in total. The number of fused-ring (bicyclic) bond motifs is 1. The van der Waals surface area contributed by atoms with Gasteiger partial charge in [0, 0.05) is 18.2 Å². The highest BCUT2D eigenvalue weighted by molar-refractivity contribution is 6.08. The fourth-order valence-electron chi connectivity index (χ4n) is 4.05. The lowest BCUT2D eigenvalue weighted by molar-refractivity contribution is -0.670. The van der Waals surface area contributed by atoms with Crippen LogP contribution in [0.15, 0.2) is 47.4 Å². The molecule has 0 saturated carbocycles. The number of allylic oxidation sites excluding steroid dienone is 2. The van der Waals surface area contributed by atoms with Gasteiger partial charge in [-0.25, -0.2) is 9.36 Å². The number of aromatic nitrogens is 1. The largest absolute Gasteiger partial charge is 0.542 e. The Hall–Kier alpha value is -3.74. The number of hydrogen-bond acceptors (Lipinski definition) is 6. The van der Waals surface area contributed by atoms with E-state index in [-0.39, 0.29) is 23.6 Å². The zero-order valence-electron chi connectivity index (χ0n) is 17.9. The molecule has 1 aromatic rings. The third kappa shape index (κ3) is 4.78. The molecule has 2 atom stereocenters. The molecule has 0 aromatic carbocycles. The first-order valence-corrected chi connectivity index (χ1v) is 10.1. The summed E-state index contributed by atoms with van der Waals surface area (Å²) in [6, 6.07) is 2.85. The first-order chi connectivity index (χ1) is 15.8. The van der Waals surface area contributed by atoms with Crippen LogP contribution in [0, 0.1) is 0 Å². The Morgan fingerprint density at radius 2 is 1.94 bits per heavy atom. The van der Waals surface area contributed by atoms with E-state index in [0.717, 1.165) is 5.69 Å². The summed E-state index contributed by atoms with van der Waals surface area (Å²) < 4.78 is 33.4. The van der Waals surface area contributed by atoms with Crippen molar-refractivity contribution in [3.63, 3.8) is 0 Å². The van der Waals surface area contributed by atoms with Crippen molar-refractivity contribution in [2.45, 2.75) is 37.5 Å². The quantitative estimate of drug-likeness (QED) is 0.324. The molecule has 13 heteroatoms. The lowest BCUT2D eigenvalue weighted by Crippen LogP contribution is -2.69. The topological polar surface area (TPSA) is 148 Å². The maximum atomic E-state index is 12.8. The summed E-state index contributed by atoms with van der Waals surface area (Å²) in [5.74, 6) is -4.67. The van der Waals surface area contributed by atoms with Crippen LogP contribution in [0.2, 0.25) is 0 Å². The number of aryl methyl sites for hydroxylation is 1. The highest BCUT2D eigenvalue weighted by Crippen LogP contribution is 2.37. The van der Waals surface area contributed by atoms with E-state index in [4.69, 9.17) is 15.6 Å². The third-order valence-corrected chi connectivity index (χ3v) is 5.67. The molecule has 0 unspecified atom stereocenters. The van der Waals surface area contributed by atoms with E-state index < -0.39 is 24.2 Å². The number of β-lactam (4-membered cyclic amide) rings is 1. The summed E-state index contributed by atoms with van der Waals surface area (Å²) >= 11 is 0. The van der Waals surface area contributed by atoms with Gasteiger partial charge < -0.3 is 25.6 Å². The lowest BCUT2D eigenvalue weighted by Gasteiger charge is -2.48. The molecule has 182 valence electrons. The van der Waals surface area contributed by atoms with Gasteiger partial charge in [-0.1, -0.05) is 0 Å². The number of carbonyl (C=O) groups excluding carboxylic acids is 3. The van der Waals surface area contributed by atoms with Gasteiger partial charge >= 0.3 is 12.1 Å². The molecular weight excluding hydrogens is 461 g/mol. The normalized spacial score (nSPS) is 23.4. The summed E-state index contributed by atoms with van der Waals surface area (Å²) in [4.78, 5) is 48.4. The van der Waals surface area contributed by atoms with E-state index in [1.807, 2.05) is 36.1 Å². The van der Waals surface area contributed by atoms with Gasteiger partial charge in [0.05, 0.1) is 6.04 Å². The molecule has 0 aliphatic carbocycles. The molecule has 3 N–H and O–H groups in total. The summed E-state index contributed by atoms with van der Waals surface area (Å²) in [5, 5.41) is 18.4. The molecule has 4 rings (SSSR count). The van der Waals surface area contributed by atoms with Crippen molar-refractivity contribution in [1.29, 1.82) is 0 Å². The van der Waals surface area contributed by atoms with Crippen molar-refractivity contribution < 1.29 is 47.1 Å². The van der Waals surface area contributed by atoms with E-state index in [2.05, 4.69) is 0 Å². The van der Waals surface area contributed by atoms with Crippen LogP contribution in [-0.2, 0) is 26.2 Å². The number of amides is 2. The van der Waals surface area contributed by atoms with Crippen LogP contribution in [-0.4, -0.2) is 58.6 Å². The summed E-state index contributed by atoms with van der Waals surface area (Å²) in [6.45, 7) is 0.542. The molecule has 2 fully saturated rings. The standard InChI is InChI=1S/C19H20N4O4.C2HF3O2/c1-21-7-2-3-13(10-21)22-8-6-12(17(22)24)9-11-4-5-14-15(20)18(25)23(14)16(11)19(26)27;3-2(4,5)1(6)7/h2-3,7,9-10,14-15H,4-6,8,20H2,1H3;(H,6,7)/b12-9+;/t14-,15+;/m1./s1. The van der Waals surface area contributed by atoms with Gasteiger partial charge in [0.2, 0.25) is 5.91 Å². The zero-order valence-corrected chi connectivity index (χ0v) is 17.9. The summed E-state index contributed by atoms with van der Waals surface area (Å²) in [6.07, 6.45) is 1.84. The number of halogens is 3. The van der Waals surface area contributed by atoms with Gasteiger partial charge in [-0.15, -0.1) is 0 Å². The monoisotopic (exact) mass is 482 g/mol. The maximum Gasteiger partial charge on any atom is 0.430 e. The molecule has 3 aliphatic rings. The maximum absolute atomic E-state index is 12.8. The van der Waals surface area contributed by atoms with Crippen LogP contribution in [0.3, 0.4) is 0 Å². The number of nitrogens with two attached hydrogens (primary N) is 1. The average Bonchev–Trinajstić information content (AvgIpc) is 3.12. The first kappa shape index (κ1) is 24.9. The number of nitrogens with zero attached hydrogens (tertiary/aromatic N) is 3. The van der Waals surface area contributed by atoms with E-state index in [9.17, 15) is 32.7 Å². The number of pyridine rings is 1. The predicted octanol–water partition coefficient (Wildman–Crippen LogP) is -0.857. The molecule has 0 bridgehead atoms. The van der Waals surface area contributed by atoms with Crippen molar-refractivity contribution in [3.05, 3.63) is 47.4 Å². The third-order valence-electron chi connectivity index (χ3n) is 5.67. The predicted molar refractivity (Wildman–Crippen MR) is 106 cm³/mol. The Kier molecular flexibility index (Phi) is 6.77. The van der Waals surface area contributed by atoms with E-state index in [1.54, 1.807) is 11.0 Å². The van der Waals surface area contributed by atoms with Gasteiger partial charge in [0.15, 0.2) is 12.4 Å². The van der Waals surface area contributed by atoms with E-state index >= 15 is 0 Å². The molecule has 4 heterocycles. The number of alkyl halides is 3. The molecule has 2 saturated heterocycles. The second-order valence-electron chi connectivity index (χ2n) is 7.91. The summed E-state index contributed by atoms with van der Waals surface area (Å²) in [7, 11) is 1.89. The first-order valence-electron chi connectivity index (χ1n) is 10.1. The van der Waals surface area contributed by atoms with Crippen molar-refractivity contribution >= 4 is 29.4 Å². The minimum Gasteiger partial charge on any atom is -0.542 e. The number of aliphatic carboxylic acids is 2. The number of carbonyl (C=O) groups is 4. The number of anilines is 1. The molecule has 1 aromatic heterocycles. The number of carboxylic acid groups (broad SMARTS) is 2. The number of hydrogen-bond donors (Lipinski definition) is 2. The molecule has 3 aliphatic heterocycles. The highest BCUT2D eigenvalue weighted by atomic mass is 19.4. The Morgan fingerprint density at radius 3 is 2.50 bits per heavy atom. The summed E-state index contributed by atoms with van der Waals surface area (Å²) in [5.41, 5.74) is 7.62.